The fourth-order valence-corrected chi connectivity index (χ4v) is 2.81. The standard InChI is InChI=1S/C18H21NO4/c1-11-7-5-6-8-13(11)19-10-12-14(20)9-18(2,3)15(16(12)21)17(22)23-4/h5-8,10,15,21H,9H2,1-4H3/t15-/m1/s1. The molecule has 1 aliphatic rings. The van der Waals surface area contributed by atoms with Crippen molar-refractivity contribution in [2.75, 3.05) is 7.11 Å². The van der Waals surface area contributed by atoms with Gasteiger partial charge in [-0.05, 0) is 24.0 Å². The van der Waals surface area contributed by atoms with Crippen LogP contribution in [0.1, 0.15) is 25.8 Å². The molecule has 0 aliphatic heterocycles. The lowest BCUT2D eigenvalue weighted by molar-refractivity contribution is -0.150. The van der Waals surface area contributed by atoms with Crippen LogP contribution in [0.3, 0.4) is 0 Å². The van der Waals surface area contributed by atoms with Crippen molar-refractivity contribution in [2.45, 2.75) is 27.2 Å². The number of aryl methyl sites for hydroxylation is 1. The number of rotatable bonds is 3. The zero-order valence-electron chi connectivity index (χ0n) is 13.8. The molecule has 5 nitrogen and oxygen atoms in total. The molecule has 0 unspecified atom stereocenters. The Morgan fingerprint density at radius 3 is 2.65 bits per heavy atom. The smallest absolute Gasteiger partial charge is 0.316 e. The van der Waals surface area contributed by atoms with Crippen LogP contribution >= 0.6 is 0 Å². The van der Waals surface area contributed by atoms with E-state index < -0.39 is 17.3 Å². The van der Waals surface area contributed by atoms with Crippen LogP contribution in [0.15, 0.2) is 40.6 Å². The third kappa shape index (κ3) is 3.33. The molecule has 23 heavy (non-hydrogen) atoms. The molecule has 0 saturated heterocycles. The van der Waals surface area contributed by atoms with Gasteiger partial charge in [-0.3, -0.25) is 14.6 Å². The largest absolute Gasteiger partial charge is 0.511 e. The molecule has 0 saturated carbocycles. The van der Waals surface area contributed by atoms with Gasteiger partial charge in [0.05, 0.1) is 18.4 Å². The maximum atomic E-state index is 12.3. The van der Waals surface area contributed by atoms with E-state index in [2.05, 4.69) is 4.99 Å². The van der Waals surface area contributed by atoms with Gasteiger partial charge in [-0.15, -0.1) is 0 Å². The Bertz CT molecular complexity index is 701. The van der Waals surface area contributed by atoms with E-state index >= 15 is 0 Å². The first-order valence-corrected chi connectivity index (χ1v) is 7.42. The molecular formula is C18H21NO4. The van der Waals surface area contributed by atoms with Gasteiger partial charge in [0.2, 0.25) is 0 Å². The summed E-state index contributed by atoms with van der Waals surface area (Å²) in [5.41, 5.74) is 1.04. The summed E-state index contributed by atoms with van der Waals surface area (Å²) < 4.78 is 4.77. The van der Waals surface area contributed by atoms with Gasteiger partial charge in [0.1, 0.15) is 11.7 Å². The predicted molar refractivity (Wildman–Crippen MR) is 87.9 cm³/mol. The monoisotopic (exact) mass is 315 g/mol. The van der Waals surface area contributed by atoms with Crippen molar-refractivity contribution in [3.8, 4) is 0 Å². The number of esters is 1. The summed E-state index contributed by atoms with van der Waals surface area (Å²) in [5, 5.41) is 10.5. The third-order valence-electron chi connectivity index (χ3n) is 4.13. The molecule has 1 atom stereocenters. The number of aliphatic hydroxyl groups is 1. The van der Waals surface area contributed by atoms with Crippen LogP contribution in [0, 0.1) is 18.3 Å². The molecule has 0 aromatic heterocycles. The van der Waals surface area contributed by atoms with Crippen molar-refractivity contribution >= 4 is 23.7 Å². The van der Waals surface area contributed by atoms with E-state index in [1.165, 1.54) is 13.3 Å². The van der Waals surface area contributed by atoms with Crippen LogP contribution in [0.2, 0.25) is 0 Å². The molecule has 1 aromatic carbocycles. The number of Topliss-reactive ketones (excluding diaryl/α,β-unsaturated/α-hetero) is 1. The van der Waals surface area contributed by atoms with Crippen LogP contribution in [0.5, 0.6) is 0 Å². The molecule has 0 fully saturated rings. The normalized spacial score (nSPS) is 20.9. The van der Waals surface area contributed by atoms with Gasteiger partial charge in [0.15, 0.2) is 5.78 Å². The van der Waals surface area contributed by atoms with Crippen LogP contribution in [-0.4, -0.2) is 30.2 Å². The van der Waals surface area contributed by atoms with Gasteiger partial charge < -0.3 is 9.84 Å². The summed E-state index contributed by atoms with van der Waals surface area (Å²) in [6, 6.07) is 7.46. The topological polar surface area (TPSA) is 76.0 Å². The van der Waals surface area contributed by atoms with E-state index in [1.807, 2.05) is 31.2 Å². The Morgan fingerprint density at radius 2 is 2.04 bits per heavy atom. The summed E-state index contributed by atoms with van der Waals surface area (Å²) in [6.07, 6.45) is 1.48. The van der Waals surface area contributed by atoms with Crippen LogP contribution in [0.4, 0.5) is 5.69 Å². The number of ketones is 1. The summed E-state index contributed by atoms with van der Waals surface area (Å²) in [5.74, 6) is -1.93. The minimum absolute atomic E-state index is 0.0722. The van der Waals surface area contributed by atoms with E-state index in [-0.39, 0.29) is 23.5 Å². The molecule has 0 spiro atoms. The van der Waals surface area contributed by atoms with Crippen molar-refractivity contribution in [1.82, 2.24) is 0 Å². The SMILES string of the molecule is COC(=O)[C@H]1C(O)=C(C=Nc2ccccc2C)C(=O)CC1(C)C. The Morgan fingerprint density at radius 1 is 1.39 bits per heavy atom. The molecule has 122 valence electrons. The lowest BCUT2D eigenvalue weighted by Gasteiger charge is -2.35. The lowest BCUT2D eigenvalue weighted by Crippen LogP contribution is -2.40. The van der Waals surface area contributed by atoms with Crippen molar-refractivity contribution < 1.29 is 19.4 Å². The Labute approximate surface area is 135 Å². The molecule has 0 radical (unpaired) electrons. The zero-order chi connectivity index (χ0) is 17.2. The number of allylic oxidation sites excluding steroid dienone is 1. The summed E-state index contributed by atoms with van der Waals surface area (Å²) in [4.78, 5) is 28.6. The number of carbonyl (C=O) groups is 2. The first-order chi connectivity index (χ1) is 10.8. The molecule has 0 heterocycles. The second-order valence-corrected chi connectivity index (χ2v) is 6.39. The minimum atomic E-state index is -0.872. The van der Waals surface area contributed by atoms with Crippen LogP contribution < -0.4 is 0 Å². The number of benzene rings is 1. The van der Waals surface area contributed by atoms with Gasteiger partial charge in [0, 0.05) is 12.6 Å². The highest BCUT2D eigenvalue weighted by atomic mass is 16.5. The summed E-state index contributed by atoms with van der Waals surface area (Å²) in [6.45, 7) is 5.43. The van der Waals surface area contributed by atoms with Crippen LogP contribution in [0.25, 0.3) is 0 Å². The highest BCUT2D eigenvalue weighted by molar-refractivity contribution is 6.15. The van der Waals surface area contributed by atoms with E-state index in [0.29, 0.717) is 5.69 Å². The van der Waals surface area contributed by atoms with Crippen molar-refractivity contribution in [3.63, 3.8) is 0 Å². The molecular weight excluding hydrogens is 294 g/mol. The quantitative estimate of drug-likeness (QED) is 0.686. The van der Waals surface area contributed by atoms with Crippen molar-refractivity contribution in [1.29, 1.82) is 0 Å². The maximum absolute atomic E-state index is 12.3. The molecule has 0 bridgehead atoms. The number of methoxy groups -OCH3 is 1. The summed E-state index contributed by atoms with van der Waals surface area (Å²) in [7, 11) is 1.27. The number of hydrogen-bond acceptors (Lipinski definition) is 5. The predicted octanol–water partition coefficient (Wildman–Crippen LogP) is 3.30. The van der Waals surface area contributed by atoms with Crippen molar-refractivity contribution in [3.05, 3.63) is 41.2 Å². The molecule has 5 heteroatoms. The number of nitrogens with zero attached hydrogens (tertiary/aromatic N) is 1. The van der Waals surface area contributed by atoms with Gasteiger partial charge in [0.25, 0.3) is 0 Å². The number of carbonyl (C=O) groups excluding carboxylic acids is 2. The van der Waals surface area contributed by atoms with E-state index in [0.717, 1.165) is 5.56 Å². The average Bonchev–Trinajstić information content (AvgIpc) is 2.47. The van der Waals surface area contributed by atoms with Crippen molar-refractivity contribution in [2.24, 2.45) is 16.3 Å². The Hall–Kier alpha value is -2.43. The highest BCUT2D eigenvalue weighted by Gasteiger charge is 2.46. The van der Waals surface area contributed by atoms with Gasteiger partial charge in [-0.2, -0.15) is 0 Å². The average molecular weight is 315 g/mol. The fourth-order valence-electron chi connectivity index (χ4n) is 2.81. The van der Waals surface area contributed by atoms with Gasteiger partial charge in [-0.1, -0.05) is 32.0 Å². The number of ether oxygens (including phenoxy) is 1. The fraction of sp³-hybridized carbons (Fsp3) is 0.389. The zero-order valence-corrected chi connectivity index (χ0v) is 13.8. The van der Waals surface area contributed by atoms with E-state index in [1.54, 1.807) is 13.8 Å². The molecule has 0 amide bonds. The second-order valence-electron chi connectivity index (χ2n) is 6.39. The lowest BCUT2D eigenvalue weighted by atomic mass is 9.68. The second kappa shape index (κ2) is 6.36. The van der Waals surface area contributed by atoms with Gasteiger partial charge in [-0.25, -0.2) is 0 Å². The maximum Gasteiger partial charge on any atom is 0.316 e. The number of aliphatic imine (C=N–C) groups is 1. The Kier molecular flexibility index (Phi) is 4.68. The molecule has 1 aliphatic carbocycles. The molecule has 1 N–H and O–H groups in total. The summed E-state index contributed by atoms with van der Waals surface area (Å²) >= 11 is 0. The highest BCUT2D eigenvalue weighted by Crippen LogP contribution is 2.41. The Balaban J connectivity index is 2.45. The number of hydrogen-bond donors (Lipinski definition) is 1. The number of aliphatic hydroxyl groups excluding tert-OH is 1. The minimum Gasteiger partial charge on any atom is -0.511 e. The molecule has 1 aromatic rings. The first-order valence-electron chi connectivity index (χ1n) is 7.42. The number of para-hydroxylation sites is 1. The van der Waals surface area contributed by atoms with Gasteiger partial charge >= 0.3 is 5.97 Å². The molecule has 2 rings (SSSR count). The first kappa shape index (κ1) is 16.9. The third-order valence-corrected chi connectivity index (χ3v) is 4.13. The van der Waals surface area contributed by atoms with E-state index in [9.17, 15) is 14.7 Å². The van der Waals surface area contributed by atoms with Crippen LogP contribution in [-0.2, 0) is 14.3 Å². The van der Waals surface area contributed by atoms with E-state index in [4.69, 9.17) is 4.74 Å².